The smallest absolute Gasteiger partial charge is 0.309 e. The summed E-state index contributed by atoms with van der Waals surface area (Å²) in [6.07, 6.45) is -0.681. The van der Waals surface area contributed by atoms with E-state index in [2.05, 4.69) is 0 Å². The first kappa shape index (κ1) is 35.9. The molecule has 0 aromatic carbocycles. The minimum atomic E-state index is -1.59. The first-order valence-corrected chi connectivity index (χ1v) is 14.6. The van der Waals surface area contributed by atoms with E-state index in [0.717, 1.165) is 12.7 Å². The van der Waals surface area contributed by atoms with Gasteiger partial charge in [0.2, 0.25) is 0 Å². The van der Waals surface area contributed by atoms with Gasteiger partial charge in [0.25, 0.3) is 0 Å². The fraction of sp³-hybridized carbons (Fsp3) is 0.933. The second-order valence-corrected chi connectivity index (χ2v) is 12.8. The lowest BCUT2D eigenvalue weighted by atomic mass is 9.71. The lowest BCUT2D eigenvalue weighted by molar-refractivity contribution is -0.279. The molecule has 0 aromatic heterocycles. The molecule has 1 aliphatic heterocycles. The molecule has 3 unspecified atom stereocenters. The molecule has 1 aliphatic rings. The highest BCUT2D eigenvalue weighted by Crippen LogP contribution is 2.40. The zero-order valence-corrected chi connectivity index (χ0v) is 25.9. The van der Waals surface area contributed by atoms with Crippen LogP contribution in [0.15, 0.2) is 0 Å². The van der Waals surface area contributed by atoms with Gasteiger partial charge in [-0.3, -0.25) is 4.79 Å². The number of ether oxygens (including phenoxy) is 4. The van der Waals surface area contributed by atoms with Crippen molar-refractivity contribution in [2.24, 2.45) is 29.1 Å². The van der Waals surface area contributed by atoms with Gasteiger partial charge < -0.3 is 39.1 Å². The van der Waals surface area contributed by atoms with Gasteiger partial charge in [-0.25, -0.2) is 0 Å². The molecule has 1 fully saturated rings. The minimum Gasteiger partial charge on any atom is -0.459 e. The van der Waals surface area contributed by atoms with Gasteiger partial charge in [-0.15, -0.1) is 0 Å². The average molecular weight is 561 g/mol. The Labute approximate surface area is 235 Å². The Balaban J connectivity index is 3.18. The van der Waals surface area contributed by atoms with Crippen LogP contribution in [0.3, 0.4) is 0 Å². The van der Waals surface area contributed by atoms with Gasteiger partial charge in [-0.2, -0.15) is 0 Å². The zero-order chi connectivity index (χ0) is 30.1. The van der Waals surface area contributed by atoms with Gasteiger partial charge in [-0.05, 0) is 57.8 Å². The van der Waals surface area contributed by atoms with Crippen molar-refractivity contribution in [3.8, 4) is 0 Å². The molecule has 0 saturated carbocycles. The molecule has 1 rings (SSSR count). The maximum atomic E-state index is 13.2. The molecule has 9 heteroatoms. The molecule has 0 aliphatic carbocycles. The summed E-state index contributed by atoms with van der Waals surface area (Å²) in [6.45, 7) is 16.7. The third-order valence-corrected chi connectivity index (χ3v) is 8.17. The van der Waals surface area contributed by atoms with Crippen molar-refractivity contribution in [3.63, 3.8) is 0 Å². The number of hydrogen-bond acceptors (Lipinski definition) is 9. The lowest BCUT2D eigenvalue weighted by Crippen LogP contribution is -2.53. The number of carbonyl (C=O) groups is 2. The number of aldehydes is 1. The summed E-state index contributed by atoms with van der Waals surface area (Å²) in [5, 5.41) is 32.2. The molecule has 0 amide bonds. The molecular formula is C30H56O9. The monoisotopic (exact) mass is 560 g/mol. The Morgan fingerprint density at radius 2 is 1.77 bits per heavy atom. The first-order chi connectivity index (χ1) is 18.0. The van der Waals surface area contributed by atoms with E-state index in [0.29, 0.717) is 32.3 Å². The Bertz CT molecular complexity index is 742. The number of aliphatic hydroxyl groups is 3. The Kier molecular flexibility index (Phi) is 14.5. The van der Waals surface area contributed by atoms with Crippen molar-refractivity contribution in [1.29, 1.82) is 0 Å². The minimum absolute atomic E-state index is 0.0641. The second-order valence-electron chi connectivity index (χ2n) is 12.8. The van der Waals surface area contributed by atoms with Crippen LogP contribution in [0.4, 0.5) is 0 Å². The summed E-state index contributed by atoms with van der Waals surface area (Å²) in [7, 11) is 1.60. The van der Waals surface area contributed by atoms with Crippen LogP contribution < -0.4 is 0 Å². The van der Waals surface area contributed by atoms with Crippen LogP contribution in [0.25, 0.3) is 0 Å². The largest absolute Gasteiger partial charge is 0.459 e. The average Bonchev–Trinajstić information content (AvgIpc) is 2.86. The lowest BCUT2D eigenvalue weighted by Gasteiger charge is -2.45. The number of methoxy groups -OCH3 is 1. The highest BCUT2D eigenvalue weighted by atomic mass is 16.7. The zero-order valence-electron chi connectivity index (χ0n) is 25.9. The van der Waals surface area contributed by atoms with E-state index >= 15 is 0 Å². The fourth-order valence-corrected chi connectivity index (χ4v) is 6.07. The highest BCUT2D eigenvalue weighted by molar-refractivity contribution is 5.72. The van der Waals surface area contributed by atoms with Gasteiger partial charge in [0.1, 0.15) is 24.1 Å². The van der Waals surface area contributed by atoms with Crippen molar-refractivity contribution in [2.75, 3.05) is 13.7 Å². The van der Waals surface area contributed by atoms with Gasteiger partial charge in [-0.1, -0.05) is 48.5 Å². The first-order valence-electron chi connectivity index (χ1n) is 14.6. The summed E-state index contributed by atoms with van der Waals surface area (Å²) in [5.41, 5.74) is -2.21. The van der Waals surface area contributed by atoms with Gasteiger partial charge in [0, 0.05) is 18.4 Å². The van der Waals surface area contributed by atoms with Gasteiger partial charge in [0.05, 0.1) is 30.8 Å². The van der Waals surface area contributed by atoms with E-state index < -0.39 is 53.6 Å². The van der Waals surface area contributed by atoms with E-state index in [1.165, 1.54) is 6.92 Å². The van der Waals surface area contributed by atoms with Crippen molar-refractivity contribution < 1.29 is 43.9 Å². The summed E-state index contributed by atoms with van der Waals surface area (Å²) in [5.74, 6) is -1.68. The van der Waals surface area contributed by atoms with Crippen molar-refractivity contribution >= 4 is 12.3 Å². The molecule has 39 heavy (non-hydrogen) atoms. The molecule has 9 nitrogen and oxygen atoms in total. The number of aliphatic hydroxyl groups excluding tert-OH is 2. The molecule has 230 valence electrons. The Hall–Kier alpha value is -1.10. The van der Waals surface area contributed by atoms with Crippen LogP contribution >= 0.6 is 0 Å². The van der Waals surface area contributed by atoms with E-state index in [9.17, 15) is 24.9 Å². The topological polar surface area (TPSA) is 132 Å². The van der Waals surface area contributed by atoms with Gasteiger partial charge >= 0.3 is 5.97 Å². The Morgan fingerprint density at radius 3 is 2.28 bits per heavy atom. The van der Waals surface area contributed by atoms with Crippen LogP contribution in [0.2, 0.25) is 0 Å². The van der Waals surface area contributed by atoms with Crippen LogP contribution in [0.5, 0.6) is 0 Å². The summed E-state index contributed by atoms with van der Waals surface area (Å²) < 4.78 is 23.8. The van der Waals surface area contributed by atoms with Gasteiger partial charge in [0.15, 0.2) is 6.29 Å². The normalized spacial score (nSPS) is 27.9. The third-order valence-electron chi connectivity index (χ3n) is 8.17. The number of carbonyl (C=O) groups excluding carboxylic acids is 2. The fourth-order valence-electron chi connectivity index (χ4n) is 6.07. The molecule has 1 heterocycles. The predicted molar refractivity (Wildman–Crippen MR) is 149 cm³/mol. The molecular weight excluding hydrogens is 504 g/mol. The van der Waals surface area contributed by atoms with Crippen molar-refractivity contribution in [2.45, 2.75) is 137 Å². The maximum Gasteiger partial charge on any atom is 0.309 e. The van der Waals surface area contributed by atoms with Crippen molar-refractivity contribution in [1.82, 2.24) is 0 Å². The molecule has 0 spiro atoms. The predicted octanol–water partition coefficient (Wildman–Crippen LogP) is 3.89. The van der Waals surface area contributed by atoms with E-state index in [1.54, 1.807) is 34.8 Å². The molecule has 1 saturated heterocycles. The summed E-state index contributed by atoms with van der Waals surface area (Å²) in [4.78, 5) is 24.8. The molecule has 0 aromatic rings. The maximum absolute atomic E-state index is 13.2. The highest BCUT2D eigenvalue weighted by Gasteiger charge is 2.45. The van der Waals surface area contributed by atoms with E-state index in [1.807, 2.05) is 27.7 Å². The Morgan fingerprint density at radius 1 is 1.15 bits per heavy atom. The molecule has 0 radical (unpaired) electrons. The van der Waals surface area contributed by atoms with Crippen molar-refractivity contribution in [3.05, 3.63) is 0 Å². The van der Waals surface area contributed by atoms with Crippen LogP contribution in [-0.2, 0) is 28.5 Å². The molecule has 11 atom stereocenters. The summed E-state index contributed by atoms with van der Waals surface area (Å²) in [6, 6.07) is 0. The van der Waals surface area contributed by atoms with E-state index in [4.69, 9.17) is 18.9 Å². The van der Waals surface area contributed by atoms with Crippen LogP contribution in [0, 0.1) is 29.1 Å². The molecule has 0 bridgehead atoms. The van der Waals surface area contributed by atoms with Crippen LogP contribution in [-0.4, -0.2) is 83.7 Å². The number of rotatable bonds is 17. The quantitative estimate of drug-likeness (QED) is 0.179. The van der Waals surface area contributed by atoms with E-state index in [-0.39, 0.29) is 23.9 Å². The SMILES string of the molecule is CC[C@@H](OC(=O)C(C)C[C@H](C)[C@@H](O[C@@H]1O[C@H](C)CCC1O)C(C)(COC)C[C@@H](C)C=O)[C@@](C)(O)[C@H](O)C(C)C. The third kappa shape index (κ3) is 10.0. The number of esters is 1. The standard InChI is InChI=1S/C30H56O9/c1-11-24(30(9,35)25(33)18(2)3)38-27(34)21(6)14-20(5)26(29(8,17-36-10)15-19(4)16-31)39-28-23(32)13-12-22(7)37-28/h16,18-26,28,32-33,35H,11-15,17H2,1-10H3/t19-,20+,21?,22-,23?,24-,25-,26-,28+,29?,30-/m1/s1. The summed E-state index contributed by atoms with van der Waals surface area (Å²) >= 11 is 0. The van der Waals surface area contributed by atoms with Crippen LogP contribution in [0.1, 0.15) is 94.4 Å². The second kappa shape index (κ2) is 15.8. The molecule has 3 N–H and O–H groups in total. The number of hydrogen-bond donors (Lipinski definition) is 3.